The minimum Gasteiger partial charge on any atom is -0.366 e. The molecule has 4 heteroatoms. The highest BCUT2D eigenvalue weighted by atomic mass is 15.2. The van der Waals surface area contributed by atoms with Gasteiger partial charge in [-0.05, 0) is 12.5 Å². The molecule has 1 heterocycles. The van der Waals surface area contributed by atoms with Gasteiger partial charge >= 0.3 is 0 Å². The SMILES string of the molecule is C=CCNc1cc(-c2ccccc2)nc(NC(C)c2ccccc2)n1. The number of hydrogen-bond acceptors (Lipinski definition) is 4. The van der Waals surface area contributed by atoms with Crippen LogP contribution in [0.3, 0.4) is 0 Å². The summed E-state index contributed by atoms with van der Waals surface area (Å²) < 4.78 is 0. The second kappa shape index (κ2) is 8.11. The third-order valence-electron chi connectivity index (χ3n) is 3.87. The van der Waals surface area contributed by atoms with E-state index in [2.05, 4.69) is 46.2 Å². The molecular formula is C21H22N4. The molecule has 4 nitrogen and oxygen atoms in total. The van der Waals surface area contributed by atoms with Crippen LogP contribution in [0.4, 0.5) is 11.8 Å². The lowest BCUT2D eigenvalue weighted by Crippen LogP contribution is -2.11. The summed E-state index contributed by atoms with van der Waals surface area (Å²) in [6.45, 7) is 6.50. The van der Waals surface area contributed by atoms with Crippen LogP contribution in [0.25, 0.3) is 11.3 Å². The summed E-state index contributed by atoms with van der Waals surface area (Å²) >= 11 is 0. The monoisotopic (exact) mass is 330 g/mol. The smallest absolute Gasteiger partial charge is 0.225 e. The van der Waals surface area contributed by atoms with Gasteiger partial charge in [0.15, 0.2) is 0 Å². The number of benzene rings is 2. The molecule has 0 bridgehead atoms. The zero-order chi connectivity index (χ0) is 17.5. The Morgan fingerprint density at radius 1 is 1.00 bits per heavy atom. The second-order valence-corrected chi connectivity index (χ2v) is 5.77. The van der Waals surface area contributed by atoms with Crippen molar-refractivity contribution in [3.8, 4) is 11.3 Å². The first-order chi connectivity index (χ1) is 12.3. The van der Waals surface area contributed by atoms with Crippen molar-refractivity contribution in [3.63, 3.8) is 0 Å². The number of nitrogens with one attached hydrogen (secondary N) is 2. The highest BCUT2D eigenvalue weighted by Crippen LogP contribution is 2.23. The highest BCUT2D eigenvalue weighted by Gasteiger charge is 2.10. The molecule has 3 rings (SSSR count). The Balaban J connectivity index is 1.90. The van der Waals surface area contributed by atoms with E-state index < -0.39 is 0 Å². The lowest BCUT2D eigenvalue weighted by atomic mass is 10.1. The van der Waals surface area contributed by atoms with Gasteiger partial charge in [-0.3, -0.25) is 0 Å². The van der Waals surface area contributed by atoms with Crippen molar-refractivity contribution in [1.82, 2.24) is 9.97 Å². The molecular weight excluding hydrogens is 308 g/mol. The second-order valence-electron chi connectivity index (χ2n) is 5.77. The first-order valence-electron chi connectivity index (χ1n) is 8.37. The van der Waals surface area contributed by atoms with Gasteiger partial charge in [0.25, 0.3) is 0 Å². The molecule has 0 saturated heterocycles. The number of aromatic nitrogens is 2. The molecule has 3 aromatic rings. The maximum absolute atomic E-state index is 4.69. The van der Waals surface area contributed by atoms with Crippen molar-refractivity contribution in [2.75, 3.05) is 17.2 Å². The summed E-state index contributed by atoms with van der Waals surface area (Å²) in [7, 11) is 0. The lowest BCUT2D eigenvalue weighted by molar-refractivity contribution is 0.861. The summed E-state index contributed by atoms with van der Waals surface area (Å²) in [5.41, 5.74) is 3.13. The maximum Gasteiger partial charge on any atom is 0.225 e. The molecule has 126 valence electrons. The van der Waals surface area contributed by atoms with E-state index in [1.807, 2.05) is 60.7 Å². The molecule has 25 heavy (non-hydrogen) atoms. The molecule has 1 atom stereocenters. The lowest BCUT2D eigenvalue weighted by Gasteiger charge is -2.16. The Morgan fingerprint density at radius 2 is 1.68 bits per heavy atom. The van der Waals surface area contributed by atoms with Gasteiger partial charge in [0.2, 0.25) is 5.95 Å². The van der Waals surface area contributed by atoms with Crippen LogP contribution in [0.15, 0.2) is 79.4 Å². The van der Waals surface area contributed by atoms with Gasteiger partial charge in [0.1, 0.15) is 5.82 Å². The van der Waals surface area contributed by atoms with Crippen LogP contribution in [0.2, 0.25) is 0 Å². The molecule has 0 amide bonds. The van der Waals surface area contributed by atoms with Crippen LogP contribution in [0.1, 0.15) is 18.5 Å². The predicted molar refractivity (Wildman–Crippen MR) is 105 cm³/mol. The zero-order valence-electron chi connectivity index (χ0n) is 14.3. The molecule has 0 fully saturated rings. The molecule has 2 aromatic carbocycles. The van der Waals surface area contributed by atoms with Crippen molar-refractivity contribution < 1.29 is 0 Å². The maximum atomic E-state index is 4.69. The van der Waals surface area contributed by atoms with Crippen molar-refractivity contribution in [2.24, 2.45) is 0 Å². The van der Waals surface area contributed by atoms with E-state index in [0.29, 0.717) is 12.5 Å². The quantitative estimate of drug-likeness (QED) is 0.604. The molecule has 1 aromatic heterocycles. The van der Waals surface area contributed by atoms with Crippen LogP contribution in [-0.2, 0) is 0 Å². The van der Waals surface area contributed by atoms with E-state index in [0.717, 1.165) is 17.1 Å². The minimum absolute atomic E-state index is 0.111. The fraction of sp³-hybridized carbons (Fsp3) is 0.143. The summed E-state index contributed by atoms with van der Waals surface area (Å²) in [6, 6.07) is 22.4. The van der Waals surface area contributed by atoms with Gasteiger partial charge in [-0.15, -0.1) is 6.58 Å². The first kappa shape index (κ1) is 16.7. The van der Waals surface area contributed by atoms with Gasteiger partial charge in [0, 0.05) is 18.2 Å². The number of anilines is 2. The molecule has 1 unspecified atom stereocenters. The summed E-state index contributed by atoms with van der Waals surface area (Å²) in [6.07, 6.45) is 1.81. The van der Waals surface area contributed by atoms with Crippen molar-refractivity contribution in [2.45, 2.75) is 13.0 Å². The van der Waals surface area contributed by atoms with E-state index in [1.165, 1.54) is 5.56 Å². The fourth-order valence-electron chi connectivity index (χ4n) is 2.55. The standard InChI is InChI=1S/C21H22N4/c1-3-14-22-20-15-19(18-12-8-5-9-13-18)24-21(25-20)23-16(2)17-10-6-4-7-11-17/h3-13,15-16H,1,14H2,2H3,(H2,22,23,24,25). The van der Waals surface area contributed by atoms with Crippen LogP contribution < -0.4 is 10.6 Å². The van der Waals surface area contributed by atoms with Crippen LogP contribution in [0.5, 0.6) is 0 Å². The minimum atomic E-state index is 0.111. The fourth-order valence-corrected chi connectivity index (χ4v) is 2.55. The summed E-state index contributed by atoms with van der Waals surface area (Å²) in [5.74, 6) is 1.38. The normalized spacial score (nSPS) is 11.6. The van der Waals surface area contributed by atoms with Gasteiger partial charge in [-0.2, -0.15) is 4.98 Å². The Hall–Kier alpha value is -3.14. The van der Waals surface area contributed by atoms with Crippen molar-refractivity contribution in [3.05, 3.63) is 84.9 Å². The molecule has 2 N–H and O–H groups in total. The average molecular weight is 330 g/mol. The van der Waals surface area contributed by atoms with E-state index in [9.17, 15) is 0 Å². The van der Waals surface area contributed by atoms with E-state index in [1.54, 1.807) is 0 Å². The van der Waals surface area contributed by atoms with Gasteiger partial charge in [-0.25, -0.2) is 4.98 Å². The average Bonchev–Trinajstić information content (AvgIpc) is 2.67. The molecule has 0 spiro atoms. The molecule has 0 aliphatic heterocycles. The largest absolute Gasteiger partial charge is 0.366 e. The first-order valence-corrected chi connectivity index (χ1v) is 8.37. The highest BCUT2D eigenvalue weighted by molar-refractivity contribution is 5.64. The zero-order valence-corrected chi connectivity index (χ0v) is 14.3. The van der Waals surface area contributed by atoms with Gasteiger partial charge < -0.3 is 10.6 Å². The Bertz CT molecular complexity index is 816. The predicted octanol–water partition coefficient (Wildman–Crippen LogP) is 4.91. The topological polar surface area (TPSA) is 49.8 Å². The number of hydrogen-bond donors (Lipinski definition) is 2. The number of rotatable bonds is 7. The molecule has 0 aliphatic rings. The summed E-state index contributed by atoms with van der Waals surface area (Å²) in [5, 5.41) is 6.65. The van der Waals surface area contributed by atoms with Crippen molar-refractivity contribution >= 4 is 11.8 Å². The third-order valence-corrected chi connectivity index (χ3v) is 3.87. The van der Waals surface area contributed by atoms with Gasteiger partial charge in [-0.1, -0.05) is 66.7 Å². The Morgan fingerprint density at radius 3 is 2.36 bits per heavy atom. The third kappa shape index (κ3) is 4.44. The molecule has 0 aliphatic carbocycles. The Kier molecular flexibility index (Phi) is 5.42. The van der Waals surface area contributed by atoms with E-state index in [4.69, 9.17) is 0 Å². The van der Waals surface area contributed by atoms with Crippen LogP contribution in [0, 0.1) is 0 Å². The molecule has 0 radical (unpaired) electrons. The molecule has 0 saturated carbocycles. The Labute approximate surface area is 148 Å². The summed E-state index contributed by atoms with van der Waals surface area (Å²) in [4.78, 5) is 9.27. The van der Waals surface area contributed by atoms with E-state index in [-0.39, 0.29) is 6.04 Å². The van der Waals surface area contributed by atoms with Crippen LogP contribution >= 0.6 is 0 Å². The van der Waals surface area contributed by atoms with Crippen molar-refractivity contribution in [1.29, 1.82) is 0 Å². The number of nitrogens with zero attached hydrogens (tertiary/aromatic N) is 2. The van der Waals surface area contributed by atoms with E-state index >= 15 is 0 Å². The van der Waals surface area contributed by atoms with Crippen LogP contribution in [-0.4, -0.2) is 16.5 Å². The van der Waals surface area contributed by atoms with Gasteiger partial charge in [0.05, 0.1) is 11.7 Å².